The molecule has 1 fully saturated rings. The maximum Gasteiger partial charge on any atom is 0.246 e. The second kappa shape index (κ2) is 9.94. The average Bonchev–Trinajstić information content (AvgIpc) is 3.36. The number of nitrogens with two attached hydrogens (primary N) is 1. The quantitative estimate of drug-likeness (QED) is 0.549. The van der Waals surface area contributed by atoms with E-state index in [1.165, 1.54) is 0 Å². The molecule has 4 N–H and O–H groups in total. The number of nitrogens with one attached hydrogen (secondary N) is 2. The van der Waals surface area contributed by atoms with Crippen molar-refractivity contribution >= 4 is 35.1 Å². The fraction of sp³-hybridized carbons (Fsp3) is 0.400. The van der Waals surface area contributed by atoms with Crippen molar-refractivity contribution in [2.24, 2.45) is 15.7 Å². The number of nitrogens with zero attached hydrogens (tertiary/aromatic N) is 4. The van der Waals surface area contributed by atoms with Gasteiger partial charge < -0.3 is 25.7 Å². The van der Waals surface area contributed by atoms with Crippen LogP contribution in [0.15, 0.2) is 40.7 Å². The lowest BCUT2D eigenvalue weighted by molar-refractivity contribution is -0.126. The average molecular weight is 397 g/mol. The molecule has 1 aliphatic heterocycles. The zero-order valence-electron chi connectivity index (χ0n) is 16.6. The van der Waals surface area contributed by atoms with Crippen LogP contribution in [0.25, 0.3) is 11.0 Å². The summed E-state index contributed by atoms with van der Waals surface area (Å²) in [7, 11) is 0. The number of allylic oxidation sites excluding steroid dienone is 1. The Labute approximate surface area is 169 Å². The first-order valence-corrected chi connectivity index (χ1v) is 9.63. The Morgan fingerprint density at radius 1 is 1.59 bits per heavy atom. The van der Waals surface area contributed by atoms with Crippen LogP contribution in [0, 0.1) is 0 Å². The molecule has 2 aromatic heterocycles. The Morgan fingerprint density at radius 3 is 3.21 bits per heavy atom. The minimum Gasteiger partial charge on any atom is -0.372 e. The summed E-state index contributed by atoms with van der Waals surface area (Å²) in [6.45, 7) is 7.67. The van der Waals surface area contributed by atoms with Crippen molar-refractivity contribution in [3.8, 4) is 0 Å². The summed E-state index contributed by atoms with van der Waals surface area (Å²) in [4.78, 5) is 30.0. The van der Waals surface area contributed by atoms with Gasteiger partial charge in [-0.3, -0.25) is 14.8 Å². The smallest absolute Gasteiger partial charge is 0.246 e. The first-order chi connectivity index (χ1) is 14.2. The van der Waals surface area contributed by atoms with Gasteiger partial charge in [0.25, 0.3) is 0 Å². The second-order valence-electron chi connectivity index (χ2n) is 6.62. The topological polar surface area (TPSA) is 121 Å². The summed E-state index contributed by atoms with van der Waals surface area (Å²) < 4.78 is 5.18. The van der Waals surface area contributed by atoms with Gasteiger partial charge in [-0.25, -0.2) is 4.98 Å². The number of hydrogen-bond acceptors (Lipinski definition) is 7. The first kappa shape index (κ1) is 20.7. The molecule has 3 rings (SSSR count). The SMILES string of the molecule is C=N/C=C\C(=N/CN)c1c[nH]c2nccc(N3CCC(NC(=O)COCC)C3)c12. The number of ether oxygens (including phenoxy) is 1. The molecule has 0 aromatic carbocycles. The van der Waals surface area contributed by atoms with E-state index in [1.807, 2.05) is 19.2 Å². The van der Waals surface area contributed by atoms with Gasteiger partial charge in [0.2, 0.25) is 5.91 Å². The molecule has 154 valence electrons. The number of rotatable bonds is 9. The third-order valence-corrected chi connectivity index (χ3v) is 4.76. The van der Waals surface area contributed by atoms with Gasteiger partial charge in [0.05, 0.1) is 23.5 Å². The summed E-state index contributed by atoms with van der Waals surface area (Å²) in [6.07, 6.45) is 7.88. The Kier molecular flexibility index (Phi) is 7.09. The number of carbonyl (C=O) groups is 1. The van der Waals surface area contributed by atoms with Gasteiger partial charge in [-0.1, -0.05) is 0 Å². The minimum atomic E-state index is -0.0830. The number of fused-ring (bicyclic) bond motifs is 1. The zero-order valence-corrected chi connectivity index (χ0v) is 16.6. The number of aromatic nitrogens is 2. The van der Waals surface area contributed by atoms with Crippen LogP contribution in [0.5, 0.6) is 0 Å². The van der Waals surface area contributed by atoms with Crippen LogP contribution >= 0.6 is 0 Å². The number of amides is 1. The third kappa shape index (κ3) is 4.87. The van der Waals surface area contributed by atoms with E-state index in [0.29, 0.717) is 12.3 Å². The molecule has 3 heterocycles. The molecular weight excluding hydrogens is 370 g/mol. The van der Waals surface area contributed by atoms with E-state index in [4.69, 9.17) is 10.5 Å². The van der Waals surface area contributed by atoms with Crippen LogP contribution in [0.3, 0.4) is 0 Å². The highest BCUT2D eigenvalue weighted by atomic mass is 16.5. The van der Waals surface area contributed by atoms with E-state index < -0.39 is 0 Å². The molecule has 0 spiro atoms. The second-order valence-corrected chi connectivity index (χ2v) is 6.62. The van der Waals surface area contributed by atoms with E-state index in [1.54, 1.807) is 18.5 Å². The Hall–Kier alpha value is -3.04. The fourth-order valence-corrected chi connectivity index (χ4v) is 3.52. The van der Waals surface area contributed by atoms with Gasteiger partial charge >= 0.3 is 0 Å². The molecule has 0 saturated carbocycles. The van der Waals surface area contributed by atoms with Crippen LogP contribution in [0.1, 0.15) is 18.9 Å². The van der Waals surface area contributed by atoms with Crippen molar-refractivity contribution < 1.29 is 9.53 Å². The van der Waals surface area contributed by atoms with Crippen molar-refractivity contribution in [1.82, 2.24) is 15.3 Å². The van der Waals surface area contributed by atoms with E-state index in [-0.39, 0.29) is 25.2 Å². The van der Waals surface area contributed by atoms with Crippen LogP contribution in [0.4, 0.5) is 5.69 Å². The van der Waals surface area contributed by atoms with Gasteiger partial charge in [-0.15, -0.1) is 0 Å². The molecule has 1 unspecified atom stereocenters. The predicted molar refractivity (Wildman–Crippen MR) is 116 cm³/mol. The third-order valence-electron chi connectivity index (χ3n) is 4.76. The summed E-state index contributed by atoms with van der Waals surface area (Å²) in [5.74, 6) is -0.0830. The number of pyridine rings is 1. The van der Waals surface area contributed by atoms with Crippen molar-refractivity contribution in [3.63, 3.8) is 0 Å². The van der Waals surface area contributed by atoms with Crippen molar-refractivity contribution in [1.29, 1.82) is 0 Å². The van der Waals surface area contributed by atoms with Gasteiger partial charge in [0.15, 0.2) is 0 Å². The molecule has 9 nitrogen and oxygen atoms in total. The highest BCUT2D eigenvalue weighted by molar-refractivity contribution is 6.18. The number of H-pyrrole nitrogens is 1. The molecule has 1 saturated heterocycles. The Morgan fingerprint density at radius 2 is 2.45 bits per heavy atom. The molecule has 2 aromatic rings. The van der Waals surface area contributed by atoms with Crippen molar-refractivity contribution in [2.75, 3.05) is 37.9 Å². The number of aliphatic imine (C=N–C) groups is 2. The molecule has 1 amide bonds. The van der Waals surface area contributed by atoms with Crippen molar-refractivity contribution in [2.45, 2.75) is 19.4 Å². The molecule has 1 atom stereocenters. The molecule has 1 aliphatic rings. The van der Waals surface area contributed by atoms with Crippen LogP contribution in [0.2, 0.25) is 0 Å². The summed E-state index contributed by atoms with van der Waals surface area (Å²) in [6, 6.07) is 2.06. The Bertz CT molecular complexity index is 919. The normalized spacial score (nSPS) is 17.4. The number of aromatic amines is 1. The molecule has 9 heteroatoms. The zero-order chi connectivity index (χ0) is 20.6. The molecule has 0 bridgehead atoms. The molecule has 0 aliphatic carbocycles. The highest BCUT2D eigenvalue weighted by Crippen LogP contribution is 2.31. The number of hydrogen-bond donors (Lipinski definition) is 3. The lowest BCUT2D eigenvalue weighted by Crippen LogP contribution is -2.39. The largest absolute Gasteiger partial charge is 0.372 e. The summed E-state index contributed by atoms with van der Waals surface area (Å²) in [5, 5.41) is 4.01. The van der Waals surface area contributed by atoms with Crippen LogP contribution in [-0.2, 0) is 9.53 Å². The predicted octanol–water partition coefficient (Wildman–Crippen LogP) is 1.21. The minimum absolute atomic E-state index is 0.0793. The Balaban J connectivity index is 1.86. The van der Waals surface area contributed by atoms with E-state index in [9.17, 15) is 4.79 Å². The van der Waals surface area contributed by atoms with Gasteiger partial charge in [0.1, 0.15) is 12.3 Å². The summed E-state index contributed by atoms with van der Waals surface area (Å²) in [5.41, 5.74) is 9.07. The van der Waals surface area contributed by atoms with E-state index >= 15 is 0 Å². The molecule has 29 heavy (non-hydrogen) atoms. The monoisotopic (exact) mass is 397 g/mol. The summed E-state index contributed by atoms with van der Waals surface area (Å²) >= 11 is 0. The van der Waals surface area contributed by atoms with Crippen LogP contribution in [-0.4, -0.2) is 67.3 Å². The van der Waals surface area contributed by atoms with Gasteiger partial charge in [-0.2, -0.15) is 0 Å². The molecule has 0 radical (unpaired) electrons. The maximum absolute atomic E-state index is 12.0. The standard InChI is InChI=1S/C20H27N7O2/c1-3-29-12-18(28)26-14-6-9-27(11-14)17-5-8-23-20-19(17)15(10-24-20)16(25-13-21)4-7-22-2/h4-5,7-8,10,14H,2-3,6,9,11-13,21H2,1H3,(H,23,24)(H,26,28)/b7-4-,25-16+. The van der Waals surface area contributed by atoms with E-state index in [2.05, 4.69) is 36.9 Å². The number of anilines is 1. The van der Waals surface area contributed by atoms with Gasteiger partial charge in [-0.05, 0) is 32.2 Å². The maximum atomic E-state index is 12.0. The lowest BCUT2D eigenvalue weighted by atomic mass is 10.1. The van der Waals surface area contributed by atoms with Crippen LogP contribution < -0.4 is 16.0 Å². The van der Waals surface area contributed by atoms with Crippen molar-refractivity contribution in [3.05, 3.63) is 36.3 Å². The van der Waals surface area contributed by atoms with Gasteiger partial charge in [0, 0.05) is 49.9 Å². The van der Waals surface area contributed by atoms with E-state index in [0.717, 1.165) is 41.8 Å². The lowest BCUT2D eigenvalue weighted by Gasteiger charge is -2.20. The highest BCUT2D eigenvalue weighted by Gasteiger charge is 2.26. The molecular formula is C20H27N7O2. The number of carbonyl (C=O) groups excluding carboxylic acids is 1. The fourth-order valence-electron chi connectivity index (χ4n) is 3.52. The first-order valence-electron chi connectivity index (χ1n) is 9.63.